The normalized spacial score (nSPS) is 19.0. The topological polar surface area (TPSA) is 36.0 Å². The predicted molar refractivity (Wildman–Crippen MR) is 124 cm³/mol. The lowest BCUT2D eigenvalue weighted by molar-refractivity contribution is 0.0388. The molecule has 2 aliphatic rings. The average molecular weight is 422 g/mol. The highest BCUT2D eigenvalue weighted by Crippen LogP contribution is 2.17. The molecule has 0 radical (unpaired) electrons. The Kier molecular flexibility index (Phi) is 7.38. The Morgan fingerprint density at radius 3 is 2.16 bits per heavy atom. The second kappa shape index (κ2) is 10.4. The van der Waals surface area contributed by atoms with Crippen molar-refractivity contribution in [2.24, 2.45) is 0 Å². The molecule has 4 rings (SSSR count). The first-order valence-corrected chi connectivity index (χ1v) is 11.5. The van der Waals surface area contributed by atoms with E-state index in [0.29, 0.717) is 6.10 Å². The fraction of sp³-hybridized carbons (Fsp3) is 0.500. The number of amides is 1. The zero-order valence-corrected chi connectivity index (χ0v) is 18.9. The second-order valence-electron chi connectivity index (χ2n) is 8.97. The minimum Gasteiger partial charge on any atom is -0.381 e. The third-order valence-corrected chi connectivity index (χ3v) is 6.62. The molecule has 2 fully saturated rings. The Morgan fingerprint density at radius 1 is 0.871 bits per heavy atom. The second-order valence-corrected chi connectivity index (χ2v) is 8.97. The molecule has 0 spiro atoms. The number of likely N-dealkylation sites (tertiary alicyclic amines) is 1. The number of methoxy groups -OCH3 is 1. The van der Waals surface area contributed by atoms with Crippen LogP contribution in [0.25, 0.3) is 0 Å². The fourth-order valence-electron chi connectivity index (χ4n) is 4.67. The van der Waals surface area contributed by atoms with E-state index in [1.807, 2.05) is 17.0 Å². The molecule has 0 aromatic heterocycles. The van der Waals surface area contributed by atoms with Crippen LogP contribution in [0.3, 0.4) is 0 Å². The van der Waals surface area contributed by atoms with E-state index < -0.39 is 0 Å². The number of rotatable bonds is 6. The molecule has 2 saturated heterocycles. The number of nitrogens with zero attached hydrogens (tertiary/aromatic N) is 3. The van der Waals surface area contributed by atoms with Gasteiger partial charge in [-0.1, -0.05) is 42.0 Å². The van der Waals surface area contributed by atoms with Gasteiger partial charge in [0.05, 0.1) is 6.10 Å². The Labute approximate surface area is 186 Å². The van der Waals surface area contributed by atoms with Gasteiger partial charge in [-0.25, -0.2) is 0 Å². The lowest BCUT2D eigenvalue weighted by Crippen LogP contribution is -2.48. The van der Waals surface area contributed by atoms with E-state index in [9.17, 15) is 4.79 Å². The van der Waals surface area contributed by atoms with E-state index in [-0.39, 0.29) is 5.91 Å². The van der Waals surface area contributed by atoms with Crippen molar-refractivity contribution in [2.75, 3.05) is 46.4 Å². The monoisotopic (exact) mass is 421 g/mol. The zero-order chi connectivity index (χ0) is 21.6. The van der Waals surface area contributed by atoms with E-state index in [0.717, 1.165) is 70.8 Å². The van der Waals surface area contributed by atoms with Crippen molar-refractivity contribution in [1.29, 1.82) is 0 Å². The van der Waals surface area contributed by atoms with E-state index in [2.05, 4.69) is 53.1 Å². The molecule has 5 heteroatoms. The predicted octanol–water partition coefficient (Wildman–Crippen LogP) is 3.56. The molecule has 0 unspecified atom stereocenters. The number of carbonyl (C=O) groups excluding carboxylic acids is 1. The quantitative estimate of drug-likeness (QED) is 0.715. The van der Waals surface area contributed by atoms with Crippen molar-refractivity contribution in [1.82, 2.24) is 14.7 Å². The zero-order valence-electron chi connectivity index (χ0n) is 18.9. The van der Waals surface area contributed by atoms with Crippen LogP contribution in [-0.4, -0.2) is 73.1 Å². The minimum atomic E-state index is 0.155. The lowest BCUT2D eigenvalue weighted by atomic mass is 10.1. The molecule has 2 aromatic rings. The molecule has 31 heavy (non-hydrogen) atoms. The number of ether oxygens (including phenoxy) is 1. The third-order valence-electron chi connectivity index (χ3n) is 6.62. The minimum absolute atomic E-state index is 0.155. The van der Waals surface area contributed by atoms with Gasteiger partial charge in [-0.05, 0) is 43.0 Å². The van der Waals surface area contributed by atoms with Gasteiger partial charge < -0.3 is 9.64 Å². The lowest BCUT2D eigenvalue weighted by Gasteiger charge is -2.35. The molecule has 0 atom stereocenters. The van der Waals surface area contributed by atoms with Gasteiger partial charge in [0.15, 0.2) is 0 Å². The Bertz CT molecular complexity index is 851. The summed E-state index contributed by atoms with van der Waals surface area (Å²) < 4.78 is 5.46. The Balaban J connectivity index is 1.25. The van der Waals surface area contributed by atoms with Crippen molar-refractivity contribution >= 4 is 5.91 Å². The largest absolute Gasteiger partial charge is 0.381 e. The fourth-order valence-corrected chi connectivity index (χ4v) is 4.67. The third kappa shape index (κ3) is 5.94. The summed E-state index contributed by atoms with van der Waals surface area (Å²) in [5.41, 5.74) is 4.72. The highest BCUT2D eigenvalue weighted by Gasteiger charge is 2.23. The van der Waals surface area contributed by atoms with Gasteiger partial charge in [-0.3, -0.25) is 14.6 Å². The molecule has 5 nitrogen and oxygen atoms in total. The molecule has 2 aliphatic heterocycles. The van der Waals surface area contributed by atoms with Crippen molar-refractivity contribution in [3.8, 4) is 0 Å². The average Bonchev–Trinajstić information content (AvgIpc) is 2.80. The number of piperazine rings is 1. The van der Waals surface area contributed by atoms with Gasteiger partial charge in [0, 0.05) is 65.0 Å². The number of hydrogen-bond acceptors (Lipinski definition) is 4. The first-order valence-electron chi connectivity index (χ1n) is 11.5. The number of piperidine rings is 1. The van der Waals surface area contributed by atoms with Crippen molar-refractivity contribution < 1.29 is 9.53 Å². The SMILES string of the molecule is COC1CCN(Cc2ccc(C(=O)N3CCN(Cc4cccc(C)c4)CC3)cc2)CC1. The molecule has 0 aliphatic carbocycles. The van der Waals surface area contributed by atoms with Gasteiger partial charge >= 0.3 is 0 Å². The van der Waals surface area contributed by atoms with E-state index >= 15 is 0 Å². The van der Waals surface area contributed by atoms with Crippen LogP contribution in [0.4, 0.5) is 0 Å². The summed E-state index contributed by atoms with van der Waals surface area (Å²) in [7, 11) is 1.81. The maximum absolute atomic E-state index is 13.0. The summed E-state index contributed by atoms with van der Waals surface area (Å²) in [6.07, 6.45) is 2.61. The van der Waals surface area contributed by atoms with Crippen molar-refractivity contribution in [2.45, 2.75) is 39.0 Å². The smallest absolute Gasteiger partial charge is 0.253 e. The van der Waals surface area contributed by atoms with Crippen LogP contribution in [0.2, 0.25) is 0 Å². The summed E-state index contributed by atoms with van der Waals surface area (Å²) >= 11 is 0. The van der Waals surface area contributed by atoms with Crippen molar-refractivity contribution in [3.05, 3.63) is 70.8 Å². The summed E-state index contributed by atoms with van der Waals surface area (Å²) in [5.74, 6) is 0.155. The molecule has 0 bridgehead atoms. The van der Waals surface area contributed by atoms with Crippen LogP contribution in [0.1, 0.15) is 39.9 Å². The molecular formula is C26H35N3O2. The first-order chi connectivity index (χ1) is 15.1. The van der Waals surface area contributed by atoms with Crippen LogP contribution >= 0.6 is 0 Å². The number of benzene rings is 2. The van der Waals surface area contributed by atoms with Gasteiger partial charge in [0.25, 0.3) is 5.91 Å². The van der Waals surface area contributed by atoms with Gasteiger partial charge in [0.1, 0.15) is 0 Å². The number of hydrogen-bond donors (Lipinski definition) is 0. The maximum atomic E-state index is 13.0. The summed E-state index contributed by atoms with van der Waals surface area (Å²) in [6.45, 7) is 9.63. The molecular weight excluding hydrogens is 386 g/mol. The van der Waals surface area contributed by atoms with E-state index in [4.69, 9.17) is 4.74 Å². The van der Waals surface area contributed by atoms with Gasteiger partial charge in [-0.2, -0.15) is 0 Å². The highest BCUT2D eigenvalue weighted by molar-refractivity contribution is 5.94. The van der Waals surface area contributed by atoms with Gasteiger partial charge in [-0.15, -0.1) is 0 Å². The number of carbonyl (C=O) groups is 1. The van der Waals surface area contributed by atoms with E-state index in [1.165, 1.54) is 16.7 Å². The van der Waals surface area contributed by atoms with Crippen LogP contribution in [0, 0.1) is 6.92 Å². The maximum Gasteiger partial charge on any atom is 0.253 e. The van der Waals surface area contributed by atoms with Crippen LogP contribution in [0.15, 0.2) is 48.5 Å². The highest BCUT2D eigenvalue weighted by atomic mass is 16.5. The van der Waals surface area contributed by atoms with Gasteiger partial charge in [0.2, 0.25) is 0 Å². The molecule has 166 valence electrons. The Morgan fingerprint density at radius 2 is 1.52 bits per heavy atom. The molecule has 1 amide bonds. The van der Waals surface area contributed by atoms with Crippen LogP contribution < -0.4 is 0 Å². The molecule has 2 aromatic carbocycles. The summed E-state index contributed by atoms with van der Waals surface area (Å²) in [4.78, 5) is 19.9. The number of aryl methyl sites for hydroxylation is 1. The van der Waals surface area contributed by atoms with E-state index in [1.54, 1.807) is 7.11 Å². The van der Waals surface area contributed by atoms with Crippen LogP contribution in [-0.2, 0) is 17.8 Å². The summed E-state index contributed by atoms with van der Waals surface area (Å²) in [5, 5.41) is 0. The molecule has 0 N–H and O–H groups in total. The van der Waals surface area contributed by atoms with Crippen LogP contribution in [0.5, 0.6) is 0 Å². The Hall–Kier alpha value is -2.21. The first kappa shape index (κ1) is 22.0. The van der Waals surface area contributed by atoms with Crippen molar-refractivity contribution in [3.63, 3.8) is 0 Å². The summed E-state index contributed by atoms with van der Waals surface area (Å²) in [6, 6.07) is 16.9. The molecule has 0 saturated carbocycles. The molecule has 2 heterocycles. The standard InChI is InChI=1S/C26H35N3O2/c1-21-4-3-5-23(18-21)20-28-14-16-29(17-15-28)26(30)24-8-6-22(7-9-24)19-27-12-10-25(31-2)11-13-27/h3-9,18,25H,10-17,19-20H2,1-2H3.